The van der Waals surface area contributed by atoms with E-state index in [9.17, 15) is 9.59 Å². The van der Waals surface area contributed by atoms with Crippen molar-refractivity contribution in [3.63, 3.8) is 0 Å². The molecule has 0 bridgehead atoms. The maximum atomic E-state index is 12.0. The Balaban J connectivity index is 2.54. The summed E-state index contributed by atoms with van der Waals surface area (Å²) in [5.41, 5.74) is 0.245. The van der Waals surface area contributed by atoms with Gasteiger partial charge in [-0.2, -0.15) is 0 Å². The van der Waals surface area contributed by atoms with E-state index >= 15 is 0 Å². The third-order valence-electron chi connectivity index (χ3n) is 2.32. The molecule has 1 heterocycles. The van der Waals surface area contributed by atoms with Crippen LogP contribution in [0.2, 0.25) is 5.02 Å². The van der Waals surface area contributed by atoms with Crippen molar-refractivity contribution in [2.75, 3.05) is 7.11 Å². The predicted octanol–water partition coefficient (Wildman–Crippen LogP) is 1.69. The zero-order valence-corrected chi connectivity index (χ0v) is 10.2. The highest BCUT2D eigenvalue weighted by atomic mass is 35.5. The zero-order chi connectivity index (χ0) is 13.1. The molecule has 1 aromatic carbocycles. The molecular weight excluding hydrogens is 256 g/mol. The van der Waals surface area contributed by atoms with Gasteiger partial charge in [0.1, 0.15) is 6.33 Å². The number of hydrogen-bond donors (Lipinski definition) is 0. The summed E-state index contributed by atoms with van der Waals surface area (Å²) in [5, 5.41) is 0.843. The molecular formula is C12H9ClN2O3. The lowest BCUT2D eigenvalue weighted by Gasteiger charge is -2.01. The number of fused-ring (bicyclic) bond motifs is 1. The van der Waals surface area contributed by atoms with Gasteiger partial charge in [0.2, 0.25) is 0 Å². The first kappa shape index (κ1) is 12.3. The Bertz CT molecular complexity index is 691. The van der Waals surface area contributed by atoms with Gasteiger partial charge >= 0.3 is 5.97 Å². The fraction of sp³-hybridized carbons (Fsp3) is 0.0833. The lowest BCUT2D eigenvalue weighted by Crippen LogP contribution is -2.16. The van der Waals surface area contributed by atoms with Gasteiger partial charge in [-0.05, 0) is 18.2 Å². The van der Waals surface area contributed by atoms with Crippen LogP contribution in [0.15, 0.2) is 35.4 Å². The number of nitrogens with zero attached hydrogens (tertiary/aromatic N) is 2. The standard InChI is InChI=1S/C12H9ClN2O3/c1-18-11(16)4-5-15-7-14-10-3-2-8(13)6-9(10)12(15)17/h2-7H,1H3/b5-4+. The molecule has 5 nitrogen and oxygen atoms in total. The van der Waals surface area contributed by atoms with Gasteiger partial charge in [0.15, 0.2) is 0 Å². The average molecular weight is 265 g/mol. The van der Waals surface area contributed by atoms with Crippen LogP contribution in [0.5, 0.6) is 0 Å². The molecule has 2 aromatic rings. The van der Waals surface area contributed by atoms with E-state index in [2.05, 4.69) is 9.72 Å². The summed E-state index contributed by atoms with van der Waals surface area (Å²) in [6, 6.07) is 4.85. The summed E-state index contributed by atoms with van der Waals surface area (Å²) in [6.07, 6.45) is 3.76. The van der Waals surface area contributed by atoms with Crippen LogP contribution in [0.25, 0.3) is 17.1 Å². The minimum absolute atomic E-state index is 0.303. The molecule has 0 aliphatic heterocycles. The smallest absolute Gasteiger partial charge is 0.331 e. The van der Waals surface area contributed by atoms with E-state index in [0.717, 1.165) is 6.08 Å². The molecule has 0 spiro atoms. The number of aromatic nitrogens is 2. The van der Waals surface area contributed by atoms with Crippen molar-refractivity contribution in [3.8, 4) is 0 Å². The van der Waals surface area contributed by atoms with E-state index in [1.807, 2.05) is 0 Å². The van der Waals surface area contributed by atoms with Crippen LogP contribution in [0.3, 0.4) is 0 Å². The Kier molecular flexibility index (Phi) is 3.43. The molecule has 0 fully saturated rings. The van der Waals surface area contributed by atoms with Gasteiger partial charge in [0, 0.05) is 17.3 Å². The van der Waals surface area contributed by atoms with Crippen LogP contribution in [-0.4, -0.2) is 22.6 Å². The van der Waals surface area contributed by atoms with Gasteiger partial charge in [-0.1, -0.05) is 11.6 Å². The van der Waals surface area contributed by atoms with Gasteiger partial charge in [-0.15, -0.1) is 0 Å². The largest absolute Gasteiger partial charge is 0.466 e. The van der Waals surface area contributed by atoms with Crippen LogP contribution in [0.1, 0.15) is 0 Å². The molecule has 0 saturated heterocycles. The summed E-state index contributed by atoms with van der Waals surface area (Å²) >= 11 is 5.82. The topological polar surface area (TPSA) is 61.2 Å². The molecule has 6 heteroatoms. The first-order valence-electron chi connectivity index (χ1n) is 5.04. The van der Waals surface area contributed by atoms with Gasteiger partial charge < -0.3 is 4.74 Å². The van der Waals surface area contributed by atoms with Crippen LogP contribution in [0.4, 0.5) is 0 Å². The molecule has 1 aromatic heterocycles. The van der Waals surface area contributed by atoms with E-state index < -0.39 is 5.97 Å². The molecule has 92 valence electrons. The second-order valence-corrected chi connectivity index (χ2v) is 3.89. The second-order valence-electron chi connectivity index (χ2n) is 3.46. The van der Waals surface area contributed by atoms with Crippen molar-refractivity contribution >= 4 is 34.7 Å². The Hall–Kier alpha value is -2.14. The number of esters is 1. The second kappa shape index (κ2) is 5.01. The highest BCUT2D eigenvalue weighted by Gasteiger charge is 2.03. The number of carbonyl (C=O) groups is 1. The lowest BCUT2D eigenvalue weighted by atomic mass is 10.2. The molecule has 0 N–H and O–H groups in total. The number of halogens is 1. The van der Waals surface area contributed by atoms with E-state index in [1.54, 1.807) is 12.1 Å². The Morgan fingerprint density at radius 1 is 1.50 bits per heavy atom. The fourth-order valence-electron chi connectivity index (χ4n) is 1.42. The van der Waals surface area contributed by atoms with E-state index in [1.165, 1.54) is 30.3 Å². The number of ether oxygens (including phenoxy) is 1. The van der Waals surface area contributed by atoms with Crippen molar-refractivity contribution in [2.45, 2.75) is 0 Å². The summed E-state index contributed by atoms with van der Waals surface area (Å²) in [6.45, 7) is 0. The van der Waals surface area contributed by atoms with Crippen molar-refractivity contribution in [1.29, 1.82) is 0 Å². The van der Waals surface area contributed by atoms with Crippen LogP contribution >= 0.6 is 11.6 Å². The summed E-state index contributed by atoms with van der Waals surface area (Å²) in [7, 11) is 1.26. The molecule has 18 heavy (non-hydrogen) atoms. The Morgan fingerprint density at radius 3 is 3.00 bits per heavy atom. The molecule has 0 aliphatic carbocycles. The average Bonchev–Trinajstić information content (AvgIpc) is 2.38. The SMILES string of the molecule is COC(=O)/C=C/n1cnc2ccc(Cl)cc2c1=O. The van der Waals surface area contributed by atoms with Gasteiger partial charge in [-0.25, -0.2) is 9.78 Å². The number of benzene rings is 1. The minimum Gasteiger partial charge on any atom is -0.466 e. The molecule has 0 radical (unpaired) electrons. The third-order valence-corrected chi connectivity index (χ3v) is 2.55. The lowest BCUT2D eigenvalue weighted by molar-refractivity contribution is -0.134. The van der Waals surface area contributed by atoms with Crippen molar-refractivity contribution in [2.24, 2.45) is 0 Å². The summed E-state index contributed by atoms with van der Waals surface area (Å²) in [5.74, 6) is -0.548. The monoisotopic (exact) mass is 264 g/mol. The highest BCUT2D eigenvalue weighted by molar-refractivity contribution is 6.31. The number of hydrogen-bond acceptors (Lipinski definition) is 4. The van der Waals surface area contributed by atoms with Crippen molar-refractivity contribution < 1.29 is 9.53 Å². The van der Waals surface area contributed by atoms with E-state index in [-0.39, 0.29) is 5.56 Å². The summed E-state index contributed by atoms with van der Waals surface area (Å²) in [4.78, 5) is 27.1. The fourth-order valence-corrected chi connectivity index (χ4v) is 1.60. The third kappa shape index (κ3) is 2.41. The number of rotatable bonds is 2. The maximum absolute atomic E-state index is 12.0. The van der Waals surface area contributed by atoms with E-state index in [0.29, 0.717) is 15.9 Å². The van der Waals surface area contributed by atoms with Crippen LogP contribution in [-0.2, 0) is 9.53 Å². The molecule has 0 saturated carbocycles. The quantitative estimate of drug-likeness (QED) is 0.612. The number of methoxy groups -OCH3 is 1. The first-order chi connectivity index (χ1) is 8.61. The molecule has 2 rings (SSSR count). The van der Waals surface area contributed by atoms with Crippen molar-refractivity contribution in [3.05, 3.63) is 46.0 Å². The van der Waals surface area contributed by atoms with E-state index in [4.69, 9.17) is 11.6 Å². The predicted molar refractivity (Wildman–Crippen MR) is 68.4 cm³/mol. The maximum Gasteiger partial charge on any atom is 0.331 e. The molecule has 0 amide bonds. The molecule has 0 unspecified atom stereocenters. The Morgan fingerprint density at radius 2 is 2.28 bits per heavy atom. The van der Waals surface area contributed by atoms with Gasteiger partial charge in [0.25, 0.3) is 5.56 Å². The molecule has 0 atom stereocenters. The van der Waals surface area contributed by atoms with Gasteiger partial charge in [-0.3, -0.25) is 9.36 Å². The molecule has 0 aliphatic rings. The van der Waals surface area contributed by atoms with Crippen molar-refractivity contribution in [1.82, 2.24) is 9.55 Å². The minimum atomic E-state index is -0.548. The van der Waals surface area contributed by atoms with Crippen LogP contribution in [0, 0.1) is 0 Å². The summed E-state index contributed by atoms with van der Waals surface area (Å²) < 4.78 is 5.63. The first-order valence-corrected chi connectivity index (χ1v) is 5.42. The normalized spacial score (nSPS) is 11.0. The number of carbonyl (C=O) groups excluding carboxylic acids is 1. The van der Waals surface area contributed by atoms with Gasteiger partial charge in [0.05, 0.1) is 18.0 Å². The Labute approximate surface area is 107 Å². The zero-order valence-electron chi connectivity index (χ0n) is 9.46. The highest BCUT2D eigenvalue weighted by Crippen LogP contribution is 2.13. The van der Waals surface area contributed by atoms with Crippen LogP contribution < -0.4 is 5.56 Å².